The molecule has 126 valence electrons. The fourth-order valence-electron chi connectivity index (χ4n) is 2.44. The quantitative estimate of drug-likeness (QED) is 0.903. The minimum atomic E-state index is -0.171. The second-order valence-corrected chi connectivity index (χ2v) is 6.06. The van der Waals surface area contributed by atoms with E-state index in [1.807, 2.05) is 12.1 Å². The standard InChI is InChI=1S/C18H19ClN2O3/c19-15-4-1-13(2-5-15)11-21-18(22)14-3-6-17(20-12-14)24-16-7-9-23-10-8-16/h1-6,12,16H,7-11H2,(H,21,22). The lowest BCUT2D eigenvalue weighted by molar-refractivity contribution is 0.0237. The summed E-state index contributed by atoms with van der Waals surface area (Å²) in [5, 5.41) is 3.53. The Hall–Kier alpha value is -2.11. The number of nitrogens with zero attached hydrogens (tertiary/aromatic N) is 1. The second kappa shape index (κ2) is 8.13. The molecule has 0 bridgehead atoms. The molecule has 1 fully saturated rings. The van der Waals surface area contributed by atoms with Crippen LogP contribution < -0.4 is 10.1 Å². The van der Waals surface area contributed by atoms with Crippen molar-refractivity contribution in [2.24, 2.45) is 0 Å². The number of benzene rings is 1. The van der Waals surface area contributed by atoms with Crippen LogP contribution in [0, 0.1) is 0 Å². The third kappa shape index (κ3) is 4.69. The predicted octanol–water partition coefficient (Wildman–Crippen LogP) is 3.22. The third-order valence-corrected chi connectivity index (χ3v) is 4.07. The first-order chi connectivity index (χ1) is 11.7. The molecule has 1 aliphatic heterocycles. The molecule has 6 heteroatoms. The van der Waals surface area contributed by atoms with Crippen LogP contribution in [0.1, 0.15) is 28.8 Å². The van der Waals surface area contributed by atoms with Gasteiger partial charge in [-0.3, -0.25) is 4.79 Å². The number of nitrogens with one attached hydrogen (secondary N) is 1. The molecule has 5 nitrogen and oxygen atoms in total. The number of hydrogen-bond donors (Lipinski definition) is 1. The summed E-state index contributed by atoms with van der Waals surface area (Å²) in [4.78, 5) is 16.4. The molecule has 1 aliphatic rings. The van der Waals surface area contributed by atoms with Crippen LogP contribution in [-0.4, -0.2) is 30.2 Å². The summed E-state index contributed by atoms with van der Waals surface area (Å²) in [5.41, 5.74) is 1.49. The van der Waals surface area contributed by atoms with Crippen LogP contribution in [0.4, 0.5) is 0 Å². The van der Waals surface area contributed by atoms with Gasteiger partial charge in [0.1, 0.15) is 6.10 Å². The van der Waals surface area contributed by atoms with Crippen LogP contribution in [-0.2, 0) is 11.3 Å². The molecule has 1 saturated heterocycles. The van der Waals surface area contributed by atoms with Gasteiger partial charge in [-0.05, 0) is 23.8 Å². The molecule has 1 N–H and O–H groups in total. The highest BCUT2D eigenvalue weighted by Crippen LogP contribution is 2.16. The third-order valence-electron chi connectivity index (χ3n) is 3.82. The first-order valence-electron chi connectivity index (χ1n) is 7.94. The number of carbonyl (C=O) groups excluding carboxylic acids is 1. The lowest BCUT2D eigenvalue weighted by atomic mass is 10.1. The SMILES string of the molecule is O=C(NCc1ccc(Cl)cc1)c1ccc(OC2CCOCC2)nc1. The number of rotatable bonds is 5. The summed E-state index contributed by atoms with van der Waals surface area (Å²) < 4.78 is 11.1. The van der Waals surface area contributed by atoms with Gasteiger partial charge in [0, 0.05) is 36.7 Å². The highest BCUT2D eigenvalue weighted by molar-refractivity contribution is 6.30. The van der Waals surface area contributed by atoms with Crippen LogP contribution in [0.15, 0.2) is 42.6 Å². The van der Waals surface area contributed by atoms with Gasteiger partial charge in [0.05, 0.1) is 18.8 Å². The monoisotopic (exact) mass is 346 g/mol. The van der Waals surface area contributed by atoms with Gasteiger partial charge in [0.25, 0.3) is 5.91 Å². The van der Waals surface area contributed by atoms with Crippen molar-refractivity contribution in [3.05, 3.63) is 58.7 Å². The van der Waals surface area contributed by atoms with Gasteiger partial charge >= 0.3 is 0 Å². The van der Waals surface area contributed by atoms with E-state index in [0.717, 1.165) is 31.6 Å². The predicted molar refractivity (Wildman–Crippen MR) is 91.3 cm³/mol. The van der Waals surface area contributed by atoms with Gasteiger partial charge in [-0.1, -0.05) is 23.7 Å². The summed E-state index contributed by atoms with van der Waals surface area (Å²) in [6.45, 7) is 1.88. The lowest BCUT2D eigenvalue weighted by Gasteiger charge is -2.22. The van der Waals surface area contributed by atoms with E-state index in [2.05, 4.69) is 10.3 Å². The summed E-state index contributed by atoms with van der Waals surface area (Å²) in [6.07, 6.45) is 3.40. The summed E-state index contributed by atoms with van der Waals surface area (Å²) in [7, 11) is 0. The molecule has 0 saturated carbocycles. The van der Waals surface area contributed by atoms with E-state index in [1.165, 1.54) is 6.20 Å². The molecule has 2 aromatic rings. The molecule has 2 heterocycles. The summed E-state index contributed by atoms with van der Waals surface area (Å²) in [6, 6.07) is 10.8. The van der Waals surface area contributed by atoms with Crippen LogP contribution >= 0.6 is 11.6 Å². The molecule has 0 aliphatic carbocycles. The Balaban J connectivity index is 1.52. The van der Waals surface area contributed by atoms with Crippen molar-refractivity contribution in [1.82, 2.24) is 10.3 Å². The van der Waals surface area contributed by atoms with Gasteiger partial charge in [0.15, 0.2) is 0 Å². The van der Waals surface area contributed by atoms with E-state index in [-0.39, 0.29) is 12.0 Å². The van der Waals surface area contributed by atoms with Gasteiger partial charge in [-0.25, -0.2) is 4.98 Å². The van der Waals surface area contributed by atoms with Gasteiger partial charge in [-0.15, -0.1) is 0 Å². The Bertz CT molecular complexity index is 668. The zero-order chi connectivity index (χ0) is 16.8. The maximum Gasteiger partial charge on any atom is 0.253 e. The van der Waals surface area contributed by atoms with E-state index in [4.69, 9.17) is 21.1 Å². The van der Waals surface area contributed by atoms with E-state index in [9.17, 15) is 4.79 Å². The Labute approximate surface area is 145 Å². The average molecular weight is 347 g/mol. The first kappa shape index (κ1) is 16.7. The van der Waals surface area contributed by atoms with Crippen molar-refractivity contribution in [2.45, 2.75) is 25.5 Å². The van der Waals surface area contributed by atoms with E-state index < -0.39 is 0 Å². The van der Waals surface area contributed by atoms with Crippen LogP contribution in [0.3, 0.4) is 0 Å². The molecule has 0 spiro atoms. The Kier molecular flexibility index (Phi) is 5.67. The van der Waals surface area contributed by atoms with Crippen molar-refractivity contribution < 1.29 is 14.3 Å². The highest BCUT2D eigenvalue weighted by Gasteiger charge is 2.16. The molecule has 1 amide bonds. The lowest BCUT2D eigenvalue weighted by Crippen LogP contribution is -2.26. The average Bonchev–Trinajstić information content (AvgIpc) is 2.62. The maximum absolute atomic E-state index is 12.2. The molecule has 0 atom stereocenters. The summed E-state index contributed by atoms with van der Waals surface area (Å²) >= 11 is 5.84. The number of hydrogen-bond acceptors (Lipinski definition) is 4. The molecular formula is C18H19ClN2O3. The Morgan fingerprint density at radius 2 is 1.96 bits per heavy atom. The number of carbonyl (C=O) groups is 1. The number of halogens is 1. The Morgan fingerprint density at radius 1 is 1.21 bits per heavy atom. The van der Waals surface area contributed by atoms with Crippen LogP contribution in [0.25, 0.3) is 0 Å². The first-order valence-corrected chi connectivity index (χ1v) is 8.31. The molecule has 24 heavy (non-hydrogen) atoms. The van der Waals surface area contributed by atoms with Crippen molar-refractivity contribution >= 4 is 17.5 Å². The van der Waals surface area contributed by atoms with Crippen molar-refractivity contribution in [1.29, 1.82) is 0 Å². The zero-order valence-electron chi connectivity index (χ0n) is 13.2. The maximum atomic E-state index is 12.2. The number of aromatic nitrogens is 1. The number of amides is 1. The van der Waals surface area contributed by atoms with E-state index >= 15 is 0 Å². The largest absolute Gasteiger partial charge is 0.474 e. The Morgan fingerprint density at radius 3 is 2.62 bits per heavy atom. The van der Waals surface area contributed by atoms with Crippen molar-refractivity contribution in [3.8, 4) is 5.88 Å². The van der Waals surface area contributed by atoms with Crippen molar-refractivity contribution in [2.75, 3.05) is 13.2 Å². The fraction of sp³-hybridized carbons (Fsp3) is 0.333. The van der Waals surface area contributed by atoms with E-state index in [0.29, 0.717) is 23.0 Å². The topological polar surface area (TPSA) is 60.5 Å². The van der Waals surface area contributed by atoms with Gasteiger partial charge in [0.2, 0.25) is 5.88 Å². The highest BCUT2D eigenvalue weighted by atomic mass is 35.5. The molecule has 3 rings (SSSR count). The zero-order valence-corrected chi connectivity index (χ0v) is 14.0. The molecule has 0 unspecified atom stereocenters. The molecular weight excluding hydrogens is 328 g/mol. The molecule has 1 aromatic heterocycles. The number of ether oxygens (including phenoxy) is 2. The normalized spacial score (nSPS) is 15.0. The van der Waals surface area contributed by atoms with Crippen LogP contribution in [0.2, 0.25) is 5.02 Å². The second-order valence-electron chi connectivity index (χ2n) is 5.62. The van der Waals surface area contributed by atoms with Gasteiger partial charge < -0.3 is 14.8 Å². The molecule has 1 aromatic carbocycles. The minimum Gasteiger partial charge on any atom is -0.474 e. The molecule has 0 radical (unpaired) electrons. The van der Waals surface area contributed by atoms with Crippen LogP contribution in [0.5, 0.6) is 5.88 Å². The van der Waals surface area contributed by atoms with E-state index in [1.54, 1.807) is 24.3 Å². The smallest absolute Gasteiger partial charge is 0.253 e. The number of pyridine rings is 1. The minimum absolute atomic E-state index is 0.135. The van der Waals surface area contributed by atoms with Gasteiger partial charge in [-0.2, -0.15) is 0 Å². The summed E-state index contributed by atoms with van der Waals surface area (Å²) in [5.74, 6) is 0.367. The fourth-order valence-corrected chi connectivity index (χ4v) is 2.56. The van der Waals surface area contributed by atoms with Crippen molar-refractivity contribution in [3.63, 3.8) is 0 Å².